The lowest BCUT2D eigenvalue weighted by Gasteiger charge is -2.33. The van der Waals surface area contributed by atoms with E-state index >= 15 is 0 Å². The summed E-state index contributed by atoms with van der Waals surface area (Å²) >= 11 is 0. The van der Waals surface area contributed by atoms with Crippen LogP contribution in [0, 0.1) is 5.92 Å². The van der Waals surface area contributed by atoms with Crippen molar-refractivity contribution in [2.45, 2.75) is 25.3 Å². The van der Waals surface area contributed by atoms with Gasteiger partial charge >= 0.3 is 0 Å². The number of Topliss-reactive ketones (excluding diaryl/α,β-unsaturated/α-hetero) is 1. The molecule has 8 heteroatoms. The number of carbonyl (C=O) groups excluding carboxylic acids is 2. The number of piperidine rings is 1. The lowest BCUT2D eigenvalue weighted by molar-refractivity contribution is -0.136. The number of benzene rings is 2. The largest absolute Gasteiger partial charge is 0.497 e. The van der Waals surface area contributed by atoms with Crippen LogP contribution in [-0.2, 0) is 11.2 Å². The Hall–Kier alpha value is -3.55. The van der Waals surface area contributed by atoms with Crippen LogP contribution in [0.5, 0.6) is 5.75 Å². The van der Waals surface area contributed by atoms with Gasteiger partial charge in [0.15, 0.2) is 5.78 Å². The van der Waals surface area contributed by atoms with Gasteiger partial charge in [0, 0.05) is 31.0 Å². The van der Waals surface area contributed by atoms with Crippen molar-refractivity contribution in [3.05, 3.63) is 72.1 Å². The molecule has 1 aliphatic heterocycles. The molecule has 1 saturated heterocycles. The zero-order valence-corrected chi connectivity index (χ0v) is 17.4. The van der Waals surface area contributed by atoms with Gasteiger partial charge in [-0.25, -0.2) is 4.68 Å². The summed E-state index contributed by atoms with van der Waals surface area (Å²) in [6.45, 7) is 1.08. The number of methoxy groups -OCH3 is 1. The number of tetrazole rings is 1. The Kier molecular flexibility index (Phi) is 6.35. The smallest absolute Gasteiger partial charge is 0.247 e. The number of likely N-dealkylation sites (tertiary alicyclic amines) is 1. The molecule has 1 aliphatic rings. The molecule has 4 rings (SSSR count). The number of nitrogens with zero attached hydrogens (tertiary/aromatic N) is 5. The molecule has 1 fully saturated rings. The number of ketones is 1. The minimum absolute atomic E-state index is 0.0218. The molecule has 2 aromatic carbocycles. The molecule has 8 nitrogen and oxygen atoms in total. The van der Waals surface area contributed by atoms with Crippen LogP contribution in [-0.4, -0.2) is 57.0 Å². The number of aromatic nitrogens is 4. The highest BCUT2D eigenvalue weighted by Crippen LogP contribution is 2.25. The van der Waals surface area contributed by atoms with Gasteiger partial charge in [0.05, 0.1) is 7.11 Å². The van der Waals surface area contributed by atoms with Crippen molar-refractivity contribution < 1.29 is 14.3 Å². The van der Waals surface area contributed by atoms with E-state index in [0.717, 1.165) is 11.3 Å². The Morgan fingerprint density at radius 3 is 2.39 bits per heavy atom. The van der Waals surface area contributed by atoms with E-state index in [4.69, 9.17) is 4.74 Å². The van der Waals surface area contributed by atoms with Gasteiger partial charge in [0.25, 0.3) is 0 Å². The van der Waals surface area contributed by atoms with Crippen LogP contribution in [0.4, 0.5) is 0 Å². The van der Waals surface area contributed by atoms with Gasteiger partial charge in [0.1, 0.15) is 18.1 Å². The van der Waals surface area contributed by atoms with E-state index in [9.17, 15) is 9.59 Å². The summed E-state index contributed by atoms with van der Waals surface area (Å²) in [6.07, 6.45) is 3.27. The Morgan fingerprint density at radius 1 is 1.06 bits per heavy atom. The maximum Gasteiger partial charge on any atom is 0.247 e. The lowest BCUT2D eigenvalue weighted by atomic mass is 9.88. The quantitative estimate of drug-likeness (QED) is 0.547. The SMILES string of the molecule is COc1ccc(C(=O)C2CCN(C(=O)C(Cc3ccccc3)n3cnnn3)CC2)cc1. The van der Waals surface area contributed by atoms with Gasteiger partial charge in [-0.3, -0.25) is 9.59 Å². The first-order valence-electron chi connectivity index (χ1n) is 10.4. The summed E-state index contributed by atoms with van der Waals surface area (Å²) in [4.78, 5) is 28.0. The van der Waals surface area contributed by atoms with Gasteiger partial charge in [-0.1, -0.05) is 30.3 Å². The first-order valence-corrected chi connectivity index (χ1v) is 10.4. The zero-order valence-electron chi connectivity index (χ0n) is 17.4. The number of amides is 1. The number of carbonyl (C=O) groups is 2. The second-order valence-electron chi connectivity index (χ2n) is 7.69. The third-order valence-electron chi connectivity index (χ3n) is 5.79. The fraction of sp³-hybridized carbons (Fsp3) is 0.348. The van der Waals surface area contributed by atoms with Crippen molar-refractivity contribution in [1.29, 1.82) is 0 Å². The fourth-order valence-electron chi connectivity index (χ4n) is 4.01. The van der Waals surface area contributed by atoms with Crippen LogP contribution < -0.4 is 4.74 Å². The molecule has 0 spiro atoms. The number of rotatable bonds is 7. The average molecular weight is 419 g/mol. The predicted octanol–water partition coefficient (Wildman–Crippen LogP) is 2.59. The molecule has 0 N–H and O–H groups in total. The van der Waals surface area contributed by atoms with Crippen LogP contribution in [0.2, 0.25) is 0 Å². The Labute approximate surface area is 180 Å². The minimum atomic E-state index is -0.508. The zero-order chi connectivity index (χ0) is 21.6. The van der Waals surface area contributed by atoms with Gasteiger partial charge < -0.3 is 9.64 Å². The van der Waals surface area contributed by atoms with Crippen LogP contribution in [0.3, 0.4) is 0 Å². The maximum absolute atomic E-state index is 13.3. The lowest BCUT2D eigenvalue weighted by Crippen LogP contribution is -2.44. The van der Waals surface area contributed by atoms with E-state index in [-0.39, 0.29) is 17.6 Å². The summed E-state index contributed by atoms with van der Waals surface area (Å²) < 4.78 is 6.68. The summed E-state index contributed by atoms with van der Waals surface area (Å²) in [7, 11) is 1.60. The third-order valence-corrected chi connectivity index (χ3v) is 5.79. The molecule has 31 heavy (non-hydrogen) atoms. The molecule has 0 saturated carbocycles. The Morgan fingerprint density at radius 2 is 1.77 bits per heavy atom. The normalized spacial score (nSPS) is 15.5. The summed E-state index contributed by atoms with van der Waals surface area (Å²) in [5.74, 6) is 0.740. The van der Waals surface area contributed by atoms with E-state index in [1.54, 1.807) is 31.4 Å². The van der Waals surface area contributed by atoms with E-state index in [1.807, 2.05) is 35.2 Å². The minimum Gasteiger partial charge on any atom is -0.497 e. The third kappa shape index (κ3) is 4.79. The first-order chi connectivity index (χ1) is 15.2. The molecule has 0 bridgehead atoms. The first kappa shape index (κ1) is 20.7. The number of hydrogen-bond acceptors (Lipinski definition) is 6. The molecular formula is C23H25N5O3. The Balaban J connectivity index is 1.41. The summed E-state index contributed by atoms with van der Waals surface area (Å²) in [6, 6.07) is 16.5. The second kappa shape index (κ2) is 9.51. The highest BCUT2D eigenvalue weighted by molar-refractivity contribution is 5.98. The predicted molar refractivity (Wildman–Crippen MR) is 114 cm³/mol. The van der Waals surface area contributed by atoms with Crippen molar-refractivity contribution in [3.63, 3.8) is 0 Å². The number of hydrogen-bond donors (Lipinski definition) is 0. The maximum atomic E-state index is 13.3. The van der Waals surface area contributed by atoms with Crippen molar-refractivity contribution in [3.8, 4) is 5.75 Å². The molecular weight excluding hydrogens is 394 g/mol. The summed E-state index contributed by atoms with van der Waals surface area (Å²) in [5, 5.41) is 11.4. The van der Waals surface area contributed by atoms with E-state index in [0.29, 0.717) is 37.9 Å². The van der Waals surface area contributed by atoms with E-state index in [1.165, 1.54) is 11.0 Å². The van der Waals surface area contributed by atoms with Crippen LogP contribution in [0.1, 0.15) is 34.8 Å². The highest BCUT2D eigenvalue weighted by Gasteiger charge is 2.32. The number of ether oxygens (including phenoxy) is 1. The van der Waals surface area contributed by atoms with Crippen molar-refractivity contribution in [2.24, 2.45) is 5.92 Å². The summed E-state index contributed by atoms with van der Waals surface area (Å²) in [5.41, 5.74) is 1.72. The van der Waals surface area contributed by atoms with Gasteiger partial charge in [-0.05, 0) is 53.1 Å². The van der Waals surface area contributed by atoms with Crippen LogP contribution in [0.15, 0.2) is 60.9 Å². The van der Waals surface area contributed by atoms with Crippen LogP contribution >= 0.6 is 0 Å². The molecule has 1 aromatic heterocycles. The van der Waals surface area contributed by atoms with Gasteiger partial charge in [-0.2, -0.15) is 0 Å². The van der Waals surface area contributed by atoms with E-state index < -0.39 is 6.04 Å². The molecule has 0 radical (unpaired) electrons. The molecule has 160 valence electrons. The van der Waals surface area contributed by atoms with Crippen molar-refractivity contribution >= 4 is 11.7 Å². The monoisotopic (exact) mass is 419 g/mol. The van der Waals surface area contributed by atoms with E-state index in [2.05, 4.69) is 15.5 Å². The molecule has 3 aromatic rings. The molecule has 1 amide bonds. The fourth-order valence-corrected chi connectivity index (χ4v) is 4.01. The molecule has 1 atom stereocenters. The standard InChI is InChI=1S/C23H25N5O3/c1-31-20-9-7-18(8-10-20)22(29)19-11-13-27(14-12-19)23(30)21(28-16-24-25-26-28)15-17-5-3-2-4-6-17/h2-10,16,19,21H,11-15H2,1H3. The van der Waals surface area contributed by atoms with Crippen molar-refractivity contribution in [1.82, 2.24) is 25.1 Å². The molecule has 0 aliphatic carbocycles. The second-order valence-corrected chi connectivity index (χ2v) is 7.69. The van der Waals surface area contributed by atoms with Crippen LogP contribution in [0.25, 0.3) is 0 Å². The topological polar surface area (TPSA) is 90.2 Å². The average Bonchev–Trinajstić information content (AvgIpc) is 3.37. The molecule has 2 heterocycles. The Bertz CT molecular complexity index is 997. The van der Waals surface area contributed by atoms with Crippen molar-refractivity contribution in [2.75, 3.05) is 20.2 Å². The van der Waals surface area contributed by atoms with Gasteiger partial charge in [0.2, 0.25) is 5.91 Å². The highest BCUT2D eigenvalue weighted by atomic mass is 16.5. The van der Waals surface area contributed by atoms with Gasteiger partial charge in [-0.15, -0.1) is 5.10 Å². The molecule has 1 unspecified atom stereocenters.